The van der Waals surface area contributed by atoms with Crippen LogP contribution in [-0.2, 0) is 27.4 Å². The lowest BCUT2D eigenvalue weighted by Crippen LogP contribution is -2.51. The van der Waals surface area contributed by atoms with Gasteiger partial charge in [-0.3, -0.25) is 19.3 Å². The molecule has 2 amide bonds. The average molecular weight is 436 g/mol. The number of hydrogen-bond acceptors (Lipinski definition) is 7. The number of aryl methyl sites for hydroxylation is 1. The van der Waals surface area contributed by atoms with Gasteiger partial charge in [-0.15, -0.1) is 11.8 Å². The van der Waals surface area contributed by atoms with E-state index in [0.717, 1.165) is 27.9 Å². The van der Waals surface area contributed by atoms with Crippen molar-refractivity contribution in [1.29, 1.82) is 0 Å². The van der Waals surface area contributed by atoms with Crippen LogP contribution in [0, 0.1) is 0 Å². The minimum Gasteiger partial charge on any atom is -0.508 e. The van der Waals surface area contributed by atoms with Gasteiger partial charge in [0.25, 0.3) is 0 Å². The summed E-state index contributed by atoms with van der Waals surface area (Å²) in [5.41, 5.74) is 3.15. The first kappa shape index (κ1) is 22.4. The second-order valence-electron chi connectivity index (χ2n) is 7.22. The van der Waals surface area contributed by atoms with Crippen molar-refractivity contribution in [3.63, 3.8) is 0 Å². The lowest BCUT2D eigenvalue weighted by Gasteiger charge is -2.35. The summed E-state index contributed by atoms with van der Waals surface area (Å²) in [5, 5.41) is 15.3. The van der Waals surface area contributed by atoms with Crippen molar-refractivity contribution in [3.8, 4) is 5.75 Å². The Kier molecular flexibility index (Phi) is 7.59. The molecule has 164 valence electrons. The number of aromatic nitrogens is 1. The maximum atomic E-state index is 12.3. The summed E-state index contributed by atoms with van der Waals surface area (Å²) in [7, 11) is 0. The van der Waals surface area contributed by atoms with Crippen LogP contribution in [0.5, 0.6) is 5.75 Å². The van der Waals surface area contributed by atoms with Gasteiger partial charge in [-0.1, -0.05) is 6.92 Å². The molecule has 30 heavy (non-hydrogen) atoms. The Hall–Kier alpha value is -2.27. The first-order chi connectivity index (χ1) is 14.5. The number of aromatic amines is 1. The Morgan fingerprint density at radius 3 is 2.63 bits per heavy atom. The maximum Gasteiger partial charge on any atom is 0.248 e. The van der Waals surface area contributed by atoms with E-state index in [0.29, 0.717) is 32.7 Å². The van der Waals surface area contributed by atoms with E-state index in [-0.39, 0.29) is 24.8 Å². The molecule has 1 aromatic carbocycles. The number of nitrogens with one attached hydrogen (secondary N) is 2. The number of thioether (sulfide) groups is 1. The van der Waals surface area contributed by atoms with Crippen LogP contribution in [0.1, 0.15) is 18.1 Å². The molecule has 0 bridgehead atoms. The molecule has 1 aliphatic heterocycles. The van der Waals surface area contributed by atoms with E-state index in [1.54, 1.807) is 22.7 Å². The van der Waals surface area contributed by atoms with Crippen LogP contribution in [0.4, 0.5) is 0 Å². The highest BCUT2D eigenvalue weighted by atomic mass is 32.2. The number of amides is 2. The van der Waals surface area contributed by atoms with E-state index < -0.39 is 5.91 Å². The molecule has 10 heteroatoms. The number of phenolic OH excluding ortho intramolecular Hbond substituents is 1. The van der Waals surface area contributed by atoms with Gasteiger partial charge in [-0.2, -0.15) is 0 Å². The predicted molar refractivity (Wildman–Crippen MR) is 116 cm³/mol. The summed E-state index contributed by atoms with van der Waals surface area (Å²) in [5.74, 6) is 4.57. The zero-order valence-corrected chi connectivity index (χ0v) is 18.2. The van der Waals surface area contributed by atoms with E-state index in [4.69, 9.17) is 5.90 Å². The standard InChI is InChI=1S/C20H29N5O4S/c1-3-13-14-4-5-16(26)15(19(14)23-20(13)30-2)11-24-6-8-25(9-7-24)18(28)10-22-17(27)12-29-21/h4-5,23,26H,3,6-12,21H2,1-2H3,(H,22,27). The van der Waals surface area contributed by atoms with Crippen molar-refractivity contribution < 1.29 is 19.5 Å². The number of piperazine rings is 1. The van der Waals surface area contributed by atoms with Crippen molar-refractivity contribution >= 4 is 34.5 Å². The van der Waals surface area contributed by atoms with E-state index in [2.05, 4.69) is 27.0 Å². The van der Waals surface area contributed by atoms with E-state index in [9.17, 15) is 14.7 Å². The summed E-state index contributed by atoms with van der Waals surface area (Å²) in [6.45, 7) is 4.93. The molecule has 0 radical (unpaired) electrons. The Morgan fingerprint density at radius 1 is 1.27 bits per heavy atom. The number of benzene rings is 1. The fraction of sp³-hybridized carbons (Fsp3) is 0.500. The highest BCUT2D eigenvalue weighted by molar-refractivity contribution is 7.98. The molecule has 1 aliphatic rings. The van der Waals surface area contributed by atoms with Crippen molar-refractivity contribution in [3.05, 3.63) is 23.3 Å². The maximum absolute atomic E-state index is 12.3. The van der Waals surface area contributed by atoms with Gasteiger partial charge in [-0.25, -0.2) is 5.90 Å². The Balaban J connectivity index is 1.63. The van der Waals surface area contributed by atoms with Gasteiger partial charge in [0.15, 0.2) is 0 Å². The summed E-state index contributed by atoms with van der Waals surface area (Å²) in [6.07, 6.45) is 2.97. The Bertz CT molecular complexity index is 908. The first-order valence-corrected chi connectivity index (χ1v) is 11.2. The van der Waals surface area contributed by atoms with Crippen LogP contribution in [-0.4, -0.2) is 77.3 Å². The number of nitrogens with zero attached hydrogens (tertiary/aromatic N) is 2. The number of carbonyl (C=O) groups is 2. The van der Waals surface area contributed by atoms with Crippen LogP contribution in [0.15, 0.2) is 17.2 Å². The monoisotopic (exact) mass is 435 g/mol. The quantitative estimate of drug-likeness (QED) is 0.357. The molecule has 5 N–H and O–H groups in total. The number of rotatable bonds is 8. The lowest BCUT2D eigenvalue weighted by atomic mass is 10.1. The number of phenols is 1. The predicted octanol–water partition coefficient (Wildman–Crippen LogP) is 0.809. The van der Waals surface area contributed by atoms with E-state index >= 15 is 0 Å². The zero-order valence-electron chi connectivity index (χ0n) is 17.4. The van der Waals surface area contributed by atoms with Crippen LogP contribution < -0.4 is 11.2 Å². The molecule has 0 atom stereocenters. The topological polar surface area (TPSA) is 124 Å². The zero-order chi connectivity index (χ0) is 21.7. The van der Waals surface area contributed by atoms with Crippen molar-refractivity contribution in [2.45, 2.75) is 24.9 Å². The average Bonchev–Trinajstić information content (AvgIpc) is 3.12. The molecule has 0 saturated carbocycles. The van der Waals surface area contributed by atoms with Gasteiger partial charge < -0.3 is 20.3 Å². The largest absolute Gasteiger partial charge is 0.508 e. The molecule has 3 rings (SSSR count). The lowest BCUT2D eigenvalue weighted by molar-refractivity contribution is -0.135. The SMILES string of the molecule is CCc1c(SC)[nH]c2c(CN3CCN(C(=O)CNC(=O)CON)CC3)c(O)ccc12. The number of carbonyl (C=O) groups excluding carboxylic acids is 2. The van der Waals surface area contributed by atoms with Gasteiger partial charge in [0.2, 0.25) is 11.8 Å². The molecule has 2 heterocycles. The van der Waals surface area contributed by atoms with Crippen LogP contribution in [0.2, 0.25) is 0 Å². The van der Waals surface area contributed by atoms with Crippen LogP contribution >= 0.6 is 11.8 Å². The highest BCUT2D eigenvalue weighted by Gasteiger charge is 2.23. The van der Waals surface area contributed by atoms with Gasteiger partial charge in [0.1, 0.15) is 12.4 Å². The molecular formula is C20H29N5O4S. The Labute approximate surface area is 179 Å². The van der Waals surface area contributed by atoms with Gasteiger partial charge >= 0.3 is 0 Å². The van der Waals surface area contributed by atoms with Crippen LogP contribution in [0.25, 0.3) is 10.9 Å². The van der Waals surface area contributed by atoms with Crippen molar-refractivity contribution in [1.82, 2.24) is 20.1 Å². The molecule has 0 unspecified atom stereocenters. The summed E-state index contributed by atoms with van der Waals surface area (Å²) < 4.78 is 0. The van der Waals surface area contributed by atoms with Gasteiger partial charge in [0.05, 0.1) is 17.1 Å². The third kappa shape index (κ3) is 4.89. The van der Waals surface area contributed by atoms with Crippen LogP contribution in [0.3, 0.4) is 0 Å². The third-order valence-corrected chi connectivity index (χ3v) is 6.20. The Morgan fingerprint density at radius 2 is 2.00 bits per heavy atom. The molecule has 9 nitrogen and oxygen atoms in total. The molecule has 0 aliphatic carbocycles. The number of aromatic hydroxyl groups is 1. The summed E-state index contributed by atoms with van der Waals surface area (Å²) >= 11 is 1.68. The second-order valence-corrected chi connectivity index (χ2v) is 8.04. The smallest absolute Gasteiger partial charge is 0.248 e. The first-order valence-electron chi connectivity index (χ1n) is 9.96. The highest BCUT2D eigenvalue weighted by Crippen LogP contribution is 2.35. The number of fused-ring (bicyclic) bond motifs is 1. The number of nitrogens with two attached hydrogens (primary N) is 1. The summed E-state index contributed by atoms with van der Waals surface area (Å²) in [6, 6.07) is 3.74. The second kappa shape index (κ2) is 10.2. The number of H-pyrrole nitrogens is 1. The minimum absolute atomic E-state index is 0.0674. The van der Waals surface area contributed by atoms with E-state index in [1.165, 1.54) is 5.56 Å². The molecule has 0 spiro atoms. The minimum atomic E-state index is -0.421. The third-order valence-electron chi connectivity index (χ3n) is 5.44. The fourth-order valence-corrected chi connectivity index (χ4v) is 4.52. The van der Waals surface area contributed by atoms with Crippen molar-refractivity contribution in [2.24, 2.45) is 5.90 Å². The molecule has 1 saturated heterocycles. The van der Waals surface area contributed by atoms with Gasteiger partial charge in [0, 0.05) is 43.7 Å². The molecule has 1 fully saturated rings. The van der Waals surface area contributed by atoms with Gasteiger partial charge in [-0.05, 0) is 30.4 Å². The molecular weight excluding hydrogens is 406 g/mol. The molecule has 2 aromatic rings. The van der Waals surface area contributed by atoms with E-state index in [1.807, 2.05) is 12.3 Å². The number of hydrogen-bond donors (Lipinski definition) is 4. The summed E-state index contributed by atoms with van der Waals surface area (Å²) in [4.78, 5) is 35.3. The fourth-order valence-electron chi connectivity index (χ4n) is 3.82. The van der Waals surface area contributed by atoms with Crippen molar-refractivity contribution in [2.75, 3.05) is 45.6 Å². The molecule has 1 aromatic heterocycles. The normalized spacial score (nSPS) is 15.0.